The first-order valence-electron chi connectivity index (χ1n) is 7.52. The zero-order valence-electron chi connectivity index (χ0n) is 14.2. The molecule has 0 fully saturated rings. The van der Waals surface area contributed by atoms with Gasteiger partial charge in [0.2, 0.25) is 10.0 Å². The van der Waals surface area contributed by atoms with Crippen LogP contribution in [0, 0.1) is 0 Å². The number of aliphatic imine (C=N–C) groups is 1. The first-order valence-corrected chi connectivity index (χ1v) is 9.88. The molecule has 2 rings (SSSR count). The molecular formula is C16H23IN4O2S2. The Morgan fingerprint density at radius 1 is 1.12 bits per heavy atom. The molecule has 9 heteroatoms. The van der Waals surface area contributed by atoms with E-state index in [2.05, 4.69) is 15.0 Å². The van der Waals surface area contributed by atoms with E-state index >= 15 is 0 Å². The van der Waals surface area contributed by atoms with Crippen LogP contribution in [0.5, 0.6) is 0 Å². The predicted molar refractivity (Wildman–Crippen MR) is 114 cm³/mol. The minimum absolute atomic E-state index is 0. The average Bonchev–Trinajstić information content (AvgIpc) is 3.10. The highest BCUT2D eigenvalue weighted by Gasteiger charge is 2.13. The molecule has 2 aromatic rings. The number of hydrogen-bond donors (Lipinski definition) is 2. The van der Waals surface area contributed by atoms with Crippen molar-refractivity contribution in [2.75, 3.05) is 27.2 Å². The summed E-state index contributed by atoms with van der Waals surface area (Å²) in [6, 6.07) is 13.3. The van der Waals surface area contributed by atoms with E-state index in [0.29, 0.717) is 29.8 Å². The smallest absolute Gasteiger partial charge is 0.250 e. The number of nitrogens with one attached hydrogen (secondary N) is 2. The molecule has 0 bridgehead atoms. The first-order chi connectivity index (χ1) is 11.5. The van der Waals surface area contributed by atoms with Crippen LogP contribution in [0.4, 0.5) is 0 Å². The molecular weight excluding hydrogens is 471 g/mol. The van der Waals surface area contributed by atoms with Crippen molar-refractivity contribution in [3.05, 3.63) is 53.4 Å². The second kappa shape index (κ2) is 10.7. The Labute approximate surface area is 170 Å². The van der Waals surface area contributed by atoms with Crippen molar-refractivity contribution in [3.8, 4) is 0 Å². The molecule has 0 aliphatic rings. The van der Waals surface area contributed by atoms with Gasteiger partial charge in [0.15, 0.2) is 5.96 Å². The van der Waals surface area contributed by atoms with E-state index in [1.165, 1.54) is 11.3 Å². The van der Waals surface area contributed by atoms with Crippen molar-refractivity contribution < 1.29 is 8.42 Å². The third-order valence-electron chi connectivity index (χ3n) is 3.14. The SMILES string of the molecule is CN(C)C(=NCc1ccccc1)NCCNS(=O)(=O)c1cccs1.I. The first kappa shape index (κ1) is 21.9. The number of thiophene rings is 1. The van der Waals surface area contributed by atoms with E-state index in [4.69, 9.17) is 0 Å². The van der Waals surface area contributed by atoms with Gasteiger partial charge in [-0.05, 0) is 17.0 Å². The molecule has 0 aliphatic heterocycles. The highest BCUT2D eigenvalue weighted by molar-refractivity contribution is 14.0. The number of sulfonamides is 1. The molecule has 138 valence electrons. The highest BCUT2D eigenvalue weighted by atomic mass is 127. The molecule has 1 aromatic heterocycles. The van der Waals surface area contributed by atoms with Crippen LogP contribution in [0.15, 0.2) is 57.0 Å². The average molecular weight is 494 g/mol. The Balaban J connectivity index is 0.00000312. The molecule has 0 unspecified atom stereocenters. The van der Waals surface area contributed by atoms with Crippen molar-refractivity contribution in [1.82, 2.24) is 14.9 Å². The van der Waals surface area contributed by atoms with E-state index in [0.717, 1.165) is 5.56 Å². The van der Waals surface area contributed by atoms with Gasteiger partial charge in [0, 0.05) is 27.2 Å². The van der Waals surface area contributed by atoms with Gasteiger partial charge in [-0.1, -0.05) is 36.4 Å². The number of nitrogens with zero attached hydrogens (tertiary/aromatic N) is 2. The molecule has 0 amide bonds. The fourth-order valence-corrected chi connectivity index (χ4v) is 4.02. The molecule has 25 heavy (non-hydrogen) atoms. The monoisotopic (exact) mass is 494 g/mol. The normalized spacial score (nSPS) is 11.7. The van der Waals surface area contributed by atoms with Crippen LogP contribution in [0.25, 0.3) is 0 Å². The zero-order valence-corrected chi connectivity index (χ0v) is 18.1. The summed E-state index contributed by atoms with van der Waals surface area (Å²) in [7, 11) is 0.376. The molecule has 0 atom stereocenters. The van der Waals surface area contributed by atoms with E-state index in [1.807, 2.05) is 49.3 Å². The minimum atomic E-state index is -3.42. The number of hydrogen-bond acceptors (Lipinski definition) is 4. The maximum Gasteiger partial charge on any atom is 0.250 e. The van der Waals surface area contributed by atoms with Gasteiger partial charge in [-0.3, -0.25) is 0 Å². The zero-order chi connectivity index (χ0) is 17.4. The number of benzene rings is 1. The molecule has 0 saturated carbocycles. The van der Waals surface area contributed by atoms with Gasteiger partial charge < -0.3 is 10.2 Å². The topological polar surface area (TPSA) is 73.8 Å². The van der Waals surface area contributed by atoms with E-state index in [9.17, 15) is 8.42 Å². The third-order valence-corrected chi connectivity index (χ3v) is 6.00. The van der Waals surface area contributed by atoms with Crippen LogP contribution in [0.3, 0.4) is 0 Å². The Kier molecular flexibility index (Phi) is 9.39. The van der Waals surface area contributed by atoms with E-state index < -0.39 is 10.0 Å². The summed E-state index contributed by atoms with van der Waals surface area (Å²) in [6.45, 7) is 1.32. The third kappa shape index (κ3) is 7.30. The van der Waals surface area contributed by atoms with Crippen LogP contribution < -0.4 is 10.0 Å². The van der Waals surface area contributed by atoms with Crippen LogP contribution in [0.2, 0.25) is 0 Å². The molecule has 0 saturated heterocycles. The highest BCUT2D eigenvalue weighted by Crippen LogP contribution is 2.14. The maximum absolute atomic E-state index is 12.0. The lowest BCUT2D eigenvalue weighted by molar-refractivity contribution is 0.568. The molecule has 0 aliphatic carbocycles. The molecule has 0 radical (unpaired) electrons. The lowest BCUT2D eigenvalue weighted by atomic mass is 10.2. The van der Waals surface area contributed by atoms with Crippen molar-refractivity contribution in [1.29, 1.82) is 0 Å². The maximum atomic E-state index is 12.0. The summed E-state index contributed by atoms with van der Waals surface area (Å²) in [6.07, 6.45) is 0. The Hall–Kier alpha value is -1.17. The quantitative estimate of drug-likeness (QED) is 0.268. The van der Waals surface area contributed by atoms with Gasteiger partial charge in [-0.2, -0.15) is 0 Å². The minimum Gasteiger partial charge on any atom is -0.355 e. The summed E-state index contributed by atoms with van der Waals surface area (Å²) in [4.78, 5) is 6.41. The Morgan fingerprint density at radius 3 is 2.44 bits per heavy atom. The van der Waals surface area contributed by atoms with Gasteiger partial charge in [0.1, 0.15) is 4.21 Å². The number of halogens is 1. The molecule has 1 heterocycles. The summed E-state index contributed by atoms with van der Waals surface area (Å²) < 4.78 is 26.9. The molecule has 6 nitrogen and oxygen atoms in total. The van der Waals surface area contributed by atoms with E-state index in [-0.39, 0.29) is 24.0 Å². The standard InChI is InChI=1S/C16H22N4O2S2.HI/c1-20(2)16(18-13-14-7-4-3-5-8-14)17-10-11-19-24(21,22)15-9-6-12-23-15;/h3-9,12,19H,10-11,13H2,1-2H3,(H,17,18);1H. The van der Waals surface area contributed by atoms with Gasteiger partial charge >= 0.3 is 0 Å². The Bertz CT molecular complexity index is 748. The van der Waals surface area contributed by atoms with Gasteiger partial charge in [-0.25, -0.2) is 18.1 Å². The summed E-state index contributed by atoms with van der Waals surface area (Å²) in [5.74, 6) is 0.717. The number of rotatable bonds is 7. The molecule has 1 aromatic carbocycles. The summed E-state index contributed by atoms with van der Waals surface area (Å²) >= 11 is 1.20. The van der Waals surface area contributed by atoms with Gasteiger partial charge in [0.05, 0.1) is 6.54 Å². The predicted octanol–water partition coefficient (Wildman–Crippen LogP) is 2.35. The van der Waals surface area contributed by atoms with Crippen LogP contribution >= 0.6 is 35.3 Å². The van der Waals surface area contributed by atoms with Crippen molar-refractivity contribution in [2.24, 2.45) is 4.99 Å². The fraction of sp³-hybridized carbons (Fsp3) is 0.312. The lowest BCUT2D eigenvalue weighted by Crippen LogP contribution is -2.40. The molecule has 2 N–H and O–H groups in total. The summed E-state index contributed by atoms with van der Waals surface area (Å²) in [5.41, 5.74) is 1.12. The van der Waals surface area contributed by atoms with Crippen molar-refractivity contribution >= 4 is 51.3 Å². The molecule has 0 spiro atoms. The van der Waals surface area contributed by atoms with E-state index in [1.54, 1.807) is 17.5 Å². The van der Waals surface area contributed by atoms with Gasteiger partial charge in [0.25, 0.3) is 0 Å². The Morgan fingerprint density at radius 2 is 1.84 bits per heavy atom. The van der Waals surface area contributed by atoms with Gasteiger partial charge in [-0.15, -0.1) is 35.3 Å². The second-order valence-electron chi connectivity index (χ2n) is 5.28. The lowest BCUT2D eigenvalue weighted by Gasteiger charge is -2.17. The van der Waals surface area contributed by atoms with Crippen molar-refractivity contribution in [2.45, 2.75) is 10.8 Å². The van der Waals surface area contributed by atoms with Crippen LogP contribution in [-0.4, -0.2) is 46.5 Å². The largest absolute Gasteiger partial charge is 0.355 e. The fourth-order valence-electron chi connectivity index (χ4n) is 1.95. The van der Waals surface area contributed by atoms with Crippen LogP contribution in [0.1, 0.15) is 5.56 Å². The van der Waals surface area contributed by atoms with Crippen LogP contribution in [-0.2, 0) is 16.6 Å². The summed E-state index contributed by atoms with van der Waals surface area (Å²) in [5, 5.41) is 4.90. The van der Waals surface area contributed by atoms with Crippen molar-refractivity contribution in [3.63, 3.8) is 0 Å². The number of guanidine groups is 1. The second-order valence-corrected chi connectivity index (χ2v) is 8.22.